The van der Waals surface area contributed by atoms with E-state index in [0.29, 0.717) is 33.3 Å². The van der Waals surface area contributed by atoms with Crippen LogP contribution in [0.25, 0.3) is 16.6 Å². The number of fused-ring (bicyclic) bond motifs is 1. The Bertz CT molecular complexity index is 940. The molecule has 0 aliphatic carbocycles. The summed E-state index contributed by atoms with van der Waals surface area (Å²) in [4.78, 5) is 17.7. The molecule has 0 bridgehead atoms. The molecule has 6 heteroatoms. The lowest BCUT2D eigenvalue weighted by Crippen LogP contribution is -2.22. The van der Waals surface area contributed by atoms with E-state index in [1.807, 2.05) is 31.2 Å². The van der Waals surface area contributed by atoms with Crippen LogP contribution in [0.5, 0.6) is 0 Å². The first-order valence-corrected chi connectivity index (χ1v) is 9.00. The molecule has 0 saturated carbocycles. The van der Waals surface area contributed by atoms with Crippen molar-refractivity contribution >= 4 is 34.3 Å². The predicted octanol–water partition coefficient (Wildman–Crippen LogP) is 3.82. The summed E-state index contributed by atoms with van der Waals surface area (Å²) in [5, 5.41) is 10.7. The van der Waals surface area contributed by atoms with Crippen molar-refractivity contribution in [1.29, 1.82) is 0 Å². The number of aryl methyl sites for hydroxylation is 1. The Morgan fingerprint density at radius 1 is 1.25 bits per heavy atom. The van der Waals surface area contributed by atoms with Crippen LogP contribution in [0.1, 0.15) is 12.0 Å². The van der Waals surface area contributed by atoms with Crippen molar-refractivity contribution in [3.8, 4) is 5.69 Å². The zero-order valence-corrected chi connectivity index (χ0v) is 14.8. The minimum atomic E-state index is -0.113. The monoisotopic (exact) mass is 360 g/mol. The second-order valence-corrected chi connectivity index (χ2v) is 6.91. The van der Waals surface area contributed by atoms with Gasteiger partial charge in [0, 0.05) is 17.4 Å². The van der Waals surface area contributed by atoms with Crippen molar-refractivity contribution in [3.05, 3.63) is 63.4 Å². The average Bonchev–Trinajstić information content (AvgIpc) is 2.56. The Kier molecular flexibility index (Phi) is 5.23. The molecular weight excluding hydrogens is 344 g/mol. The van der Waals surface area contributed by atoms with Crippen molar-refractivity contribution in [2.45, 2.75) is 18.5 Å². The maximum Gasteiger partial charge on any atom is 0.266 e. The molecule has 0 spiro atoms. The Balaban J connectivity index is 2.26. The molecule has 0 aliphatic heterocycles. The van der Waals surface area contributed by atoms with Crippen LogP contribution < -0.4 is 5.56 Å². The molecule has 2 aromatic carbocycles. The van der Waals surface area contributed by atoms with Crippen LogP contribution >= 0.6 is 23.4 Å². The SMILES string of the molecule is Cc1ccccc1-n1c(SCCCO)nc2cc(Cl)ccc2c1=O. The van der Waals surface area contributed by atoms with Gasteiger partial charge in [-0.25, -0.2) is 4.98 Å². The summed E-state index contributed by atoms with van der Waals surface area (Å²) in [5.74, 6) is 0.681. The van der Waals surface area contributed by atoms with E-state index < -0.39 is 0 Å². The van der Waals surface area contributed by atoms with Gasteiger partial charge in [0.2, 0.25) is 0 Å². The highest BCUT2D eigenvalue weighted by molar-refractivity contribution is 7.99. The Morgan fingerprint density at radius 3 is 2.79 bits per heavy atom. The molecule has 1 heterocycles. The van der Waals surface area contributed by atoms with Crippen LogP contribution in [0, 0.1) is 6.92 Å². The Labute approximate surface area is 149 Å². The molecule has 4 nitrogen and oxygen atoms in total. The topological polar surface area (TPSA) is 55.1 Å². The highest BCUT2D eigenvalue weighted by Gasteiger charge is 2.14. The average molecular weight is 361 g/mol. The molecular formula is C18H17ClN2O2S. The highest BCUT2D eigenvalue weighted by Crippen LogP contribution is 2.24. The van der Waals surface area contributed by atoms with E-state index in [-0.39, 0.29) is 12.2 Å². The molecule has 124 valence electrons. The smallest absolute Gasteiger partial charge is 0.266 e. The van der Waals surface area contributed by atoms with Crippen LogP contribution in [0.3, 0.4) is 0 Å². The summed E-state index contributed by atoms with van der Waals surface area (Å²) in [6.45, 7) is 2.08. The van der Waals surface area contributed by atoms with Gasteiger partial charge in [-0.2, -0.15) is 0 Å². The molecule has 0 unspecified atom stereocenters. The third kappa shape index (κ3) is 3.34. The fourth-order valence-electron chi connectivity index (χ4n) is 2.49. The molecule has 24 heavy (non-hydrogen) atoms. The van der Waals surface area contributed by atoms with E-state index >= 15 is 0 Å². The second kappa shape index (κ2) is 7.38. The van der Waals surface area contributed by atoms with Gasteiger partial charge in [-0.05, 0) is 43.2 Å². The maximum atomic E-state index is 13.1. The van der Waals surface area contributed by atoms with Gasteiger partial charge in [0.1, 0.15) is 0 Å². The third-order valence-electron chi connectivity index (χ3n) is 3.69. The zero-order chi connectivity index (χ0) is 17.1. The van der Waals surface area contributed by atoms with Gasteiger partial charge in [-0.1, -0.05) is 41.6 Å². The number of benzene rings is 2. The fraction of sp³-hybridized carbons (Fsp3) is 0.222. The first-order chi connectivity index (χ1) is 11.6. The lowest BCUT2D eigenvalue weighted by atomic mass is 10.2. The number of nitrogens with zero attached hydrogens (tertiary/aromatic N) is 2. The molecule has 0 fully saturated rings. The van der Waals surface area contributed by atoms with Crippen LogP contribution in [0.2, 0.25) is 5.02 Å². The van der Waals surface area contributed by atoms with Crippen LogP contribution in [-0.4, -0.2) is 27.0 Å². The van der Waals surface area contributed by atoms with Gasteiger partial charge in [0.15, 0.2) is 5.16 Å². The van der Waals surface area contributed by atoms with Gasteiger partial charge in [0.25, 0.3) is 5.56 Å². The van der Waals surface area contributed by atoms with Crippen molar-refractivity contribution in [2.24, 2.45) is 0 Å². The predicted molar refractivity (Wildman–Crippen MR) is 99.5 cm³/mol. The standard InChI is InChI=1S/C18H17ClN2O2S/c1-12-5-2-3-6-16(12)21-17(23)14-8-7-13(19)11-15(14)20-18(21)24-10-4-9-22/h2-3,5-8,11,22H,4,9-10H2,1H3. The maximum absolute atomic E-state index is 13.1. The van der Waals surface area contributed by atoms with Crippen molar-refractivity contribution in [3.63, 3.8) is 0 Å². The van der Waals surface area contributed by atoms with Gasteiger partial charge in [-0.15, -0.1) is 0 Å². The number of aliphatic hydroxyl groups excluding tert-OH is 1. The van der Waals surface area contributed by atoms with Crippen molar-refractivity contribution in [1.82, 2.24) is 9.55 Å². The minimum Gasteiger partial charge on any atom is -0.396 e. The molecule has 1 aromatic heterocycles. The van der Waals surface area contributed by atoms with E-state index in [1.165, 1.54) is 11.8 Å². The number of aliphatic hydroxyl groups is 1. The molecule has 0 amide bonds. The number of thioether (sulfide) groups is 1. The van der Waals surface area contributed by atoms with Crippen LogP contribution in [0.15, 0.2) is 52.4 Å². The van der Waals surface area contributed by atoms with Gasteiger partial charge in [-0.3, -0.25) is 9.36 Å². The largest absolute Gasteiger partial charge is 0.396 e. The molecule has 0 aliphatic rings. The highest BCUT2D eigenvalue weighted by atomic mass is 35.5. The third-order valence-corrected chi connectivity index (χ3v) is 4.95. The summed E-state index contributed by atoms with van der Waals surface area (Å²) in [6, 6.07) is 12.8. The summed E-state index contributed by atoms with van der Waals surface area (Å²) in [5.41, 5.74) is 2.29. The molecule has 0 radical (unpaired) electrons. The number of hydrogen-bond donors (Lipinski definition) is 1. The Hall–Kier alpha value is -1.82. The molecule has 0 atom stereocenters. The number of halogens is 1. The first-order valence-electron chi connectivity index (χ1n) is 7.64. The van der Waals surface area contributed by atoms with Crippen LogP contribution in [-0.2, 0) is 0 Å². The van der Waals surface area contributed by atoms with Crippen molar-refractivity contribution < 1.29 is 5.11 Å². The number of hydrogen-bond acceptors (Lipinski definition) is 4. The zero-order valence-electron chi connectivity index (χ0n) is 13.2. The fourth-order valence-corrected chi connectivity index (χ4v) is 3.59. The van der Waals surface area contributed by atoms with Gasteiger partial charge < -0.3 is 5.11 Å². The van der Waals surface area contributed by atoms with Crippen molar-refractivity contribution in [2.75, 3.05) is 12.4 Å². The normalized spacial score (nSPS) is 11.1. The summed E-state index contributed by atoms with van der Waals surface area (Å²) in [6.07, 6.45) is 0.641. The lowest BCUT2D eigenvalue weighted by molar-refractivity contribution is 0.296. The van der Waals surface area contributed by atoms with E-state index in [9.17, 15) is 4.79 Å². The minimum absolute atomic E-state index is 0.112. The molecule has 1 N–H and O–H groups in total. The Morgan fingerprint density at radius 2 is 2.04 bits per heavy atom. The quantitative estimate of drug-likeness (QED) is 0.427. The summed E-state index contributed by atoms with van der Waals surface area (Å²) < 4.78 is 1.65. The van der Waals surface area contributed by atoms with E-state index in [4.69, 9.17) is 16.7 Å². The number of rotatable bonds is 5. The number of aromatic nitrogens is 2. The first kappa shape index (κ1) is 17.0. The summed E-state index contributed by atoms with van der Waals surface area (Å²) in [7, 11) is 0. The van der Waals surface area contributed by atoms with E-state index in [2.05, 4.69) is 4.98 Å². The van der Waals surface area contributed by atoms with Gasteiger partial charge in [0.05, 0.1) is 16.6 Å². The number of para-hydroxylation sites is 1. The van der Waals surface area contributed by atoms with E-state index in [1.54, 1.807) is 22.8 Å². The van der Waals surface area contributed by atoms with Gasteiger partial charge >= 0.3 is 0 Å². The van der Waals surface area contributed by atoms with Crippen LogP contribution in [0.4, 0.5) is 0 Å². The lowest BCUT2D eigenvalue weighted by Gasteiger charge is -2.15. The van der Waals surface area contributed by atoms with E-state index in [0.717, 1.165) is 11.3 Å². The molecule has 0 saturated heterocycles. The molecule has 3 aromatic rings. The molecule has 3 rings (SSSR count). The summed E-state index contributed by atoms with van der Waals surface area (Å²) >= 11 is 7.50. The second-order valence-electron chi connectivity index (χ2n) is 5.41.